The quantitative estimate of drug-likeness (QED) is 0.869. The van der Waals surface area contributed by atoms with Crippen molar-refractivity contribution >= 4 is 17.5 Å². The number of likely N-dealkylation sites (tertiary alicyclic amines) is 1. The summed E-state index contributed by atoms with van der Waals surface area (Å²) in [5.74, 6) is -0.0221. The molecule has 1 saturated heterocycles. The Bertz CT molecular complexity index is 843. The Labute approximate surface area is 158 Å². The van der Waals surface area contributed by atoms with Gasteiger partial charge in [0.1, 0.15) is 0 Å². The highest BCUT2D eigenvalue weighted by Gasteiger charge is 2.25. The van der Waals surface area contributed by atoms with Gasteiger partial charge in [0.15, 0.2) is 0 Å². The predicted molar refractivity (Wildman–Crippen MR) is 101 cm³/mol. The third-order valence-electron chi connectivity index (χ3n) is 5.37. The van der Waals surface area contributed by atoms with Crippen molar-refractivity contribution in [2.45, 2.75) is 45.2 Å². The molecule has 7 nitrogen and oxygen atoms in total. The molecule has 1 aromatic carbocycles. The molecule has 0 bridgehead atoms. The van der Waals surface area contributed by atoms with Crippen LogP contribution < -0.4 is 10.6 Å². The molecule has 1 atom stereocenters. The molecule has 142 valence electrons. The molecule has 0 aliphatic carbocycles. The van der Waals surface area contributed by atoms with E-state index >= 15 is 0 Å². The number of aromatic nitrogens is 1. The molecule has 2 aliphatic rings. The van der Waals surface area contributed by atoms with Crippen LogP contribution in [0.15, 0.2) is 28.8 Å². The number of hydrogen-bond donors (Lipinski definition) is 2. The highest BCUT2D eigenvalue weighted by molar-refractivity contribution is 6.03. The smallest absolute Gasteiger partial charge is 0.294 e. The standard InChI is InChI=1S/C20H24N4O3/c1-13-4-2-3-11-24(13)20(26)14-5-7-15(8-6-14)22-19(25)18-16-12-21-10-9-17(16)23-27-18/h5-8,13,21H,2-4,9-12H2,1H3,(H,22,25). The van der Waals surface area contributed by atoms with Crippen LogP contribution in [0.2, 0.25) is 0 Å². The number of piperidine rings is 1. The molecule has 1 unspecified atom stereocenters. The van der Waals surface area contributed by atoms with Crippen molar-refractivity contribution in [3.05, 3.63) is 46.8 Å². The first-order valence-corrected chi connectivity index (χ1v) is 9.54. The van der Waals surface area contributed by atoms with E-state index in [1.807, 2.05) is 4.90 Å². The molecule has 3 heterocycles. The second-order valence-electron chi connectivity index (χ2n) is 7.24. The molecule has 0 saturated carbocycles. The first kappa shape index (κ1) is 17.7. The molecule has 7 heteroatoms. The van der Waals surface area contributed by atoms with Gasteiger partial charge in [-0.3, -0.25) is 9.59 Å². The number of carbonyl (C=O) groups is 2. The van der Waals surface area contributed by atoms with Gasteiger partial charge in [0.2, 0.25) is 5.76 Å². The topological polar surface area (TPSA) is 87.5 Å². The zero-order chi connectivity index (χ0) is 18.8. The zero-order valence-corrected chi connectivity index (χ0v) is 15.5. The number of amides is 2. The van der Waals surface area contributed by atoms with Gasteiger partial charge in [-0.2, -0.15) is 0 Å². The number of carbonyl (C=O) groups excluding carboxylic acids is 2. The lowest BCUT2D eigenvalue weighted by Crippen LogP contribution is -2.42. The lowest BCUT2D eigenvalue weighted by atomic mass is 10.0. The van der Waals surface area contributed by atoms with E-state index < -0.39 is 0 Å². The molecule has 1 fully saturated rings. The van der Waals surface area contributed by atoms with Crippen molar-refractivity contribution in [1.82, 2.24) is 15.4 Å². The average molecular weight is 368 g/mol. The Hall–Kier alpha value is -2.67. The van der Waals surface area contributed by atoms with E-state index in [1.54, 1.807) is 24.3 Å². The first-order chi connectivity index (χ1) is 13.1. The van der Waals surface area contributed by atoms with Gasteiger partial charge in [0, 0.05) is 48.9 Å². The van der Waals surface area contributed by atoms with Crippen LogP contribution in [0.3, 0.4) is 0 Å². The molecule has 2 amide bonds. The van der Waals surface area contributed by atoms with Crippen molar-refractivity contribution in [2.75, 3.05) is 18.4 Å². The zero-order valence-electron chi connectivity index (χ0n) is 15.5. The number of fused-ring (bicyclic) bond motifs is 1. The van der Waals surface area contributed by atoms with Crippen molar-refractivity contribution in [3.8, 4) is 0 Å². The fourth-order valence-corrected chi connectivity index (χ4v) is 3.77. The van der Waals surface area contributed by atoms with Gasteiger partial charge in [0.25, 0.3) is 11.8 Å². The minimum Gasteiger partial charge on any atom is -0.350 e. The molecule has 2 aromatic rings. The molecule has 0 spiro atoms. The van der Waals surface area contributed by atoms with E-state index in [1.165, 1.54) is 6.42 Å². The fraction of sp³-hybridized carbons (Fsp3) is 0.450. The second kappa shape index (κ2) is 7.52. The van der Waals surface area contributed by atoms with Gasteiger partial charge in [-0.15, -0.1) is 0 Å². The second-order valence-corrected chi connectivity index (χ2v) is 7.24. The van der Waals surface area contributed by atoms with Gasteiger partial charge in [0.05, 0.1) is 5.69 Å². The number of benzene rings is 1. The van der Waals surface area contributed by atoms with E-state index in [-0.39, 0.29) is 23.6 Å². The lowest BCUT2D eigenvalue weighted by molar-refractivity contribution is 0.0635. The number of rotatable bonds is 3. The minimum atomic E-state index is -0.323. The molecule has 27 heavy (non-hydrogen) atoms. The fourth-order valence-electron chi connectivity index (χ4n) is 3.77. The summed E-state index contributed by atoms with van der Waals surface area (Å²) in [6.07, 6.45) is 4.05. The Morgan fingerprint density at radius 1 is 1.26 bits per heavy atom. The van der Waals surface area contributed by atoms with Gasteiger partial charge in [-0.05, 0) is 50.5 Å². The van der Waals surface area contributed by atoms with E-state index in [2.05, 4.69) is 22.7 Å². The largest absolute Gasteiger partial charge is 0.350 e. The van der Waals surface area contributed by atoms with Crippen LogP contribution >= 0.6 is 0 Å². The summed E-state index contributed by atoms with van der Waals surface area (Å²) >= 11 is 0. The third-order valence-corrected chi connectivity index (χ3v) is 5.37. The molecule has 2 aliphatic heterocycles. The van der Waals surface area contributed by atoms with Gasteiger partial charge < -0.3 is 20.1 Å². The molecular weight excluding hydrogens is 344 g/mol. The summed E-state index contributed by atoms with van der Waals surface area (Å²) in [5.41, 5.74) is 2.93. The Morgan fingerprint density at radius 2 is 2.07 bits per heavy atom. The summed E-state index contributed by atoms with van der Waals surface area (Å²) in [6.45, 7) is 4.33. The van der Waals surface area contributed by atoms with Crippen LogP contribution in [0.4, 0.5) is 5.69 Å². The summed E-state index contributed by atoms with van der Waals surface area (Å²) < 4.78 is 5.24. The highest BCUT2D eigenvalue weighted by atomic mass is 16.5. The molecule has 0 radical (unpaired) electrons. The SMILES string of the molecule is CC1CCCCN1C(=O)c1ccc(NC(=O)c2onc3c2CNCC3)cc1. The molecule has 2 N–H and O–H groups in total. The summed E-state index contributed by atoms with van der Waals surface area (Å²) in [7, 11) is 0. The number of nitrogens with zero attached hydrogens (tertiary/aromatic N) is 2. The van der Waals surface area contributed by atoms with E-state index in [4.69, 9.17) is 4.52 Å². The first-order valence-electron chi connectivity index (χ1n) is 9.54. The highest BCUT2D eigenvalue weighted by Crippen LogP contribution is 2.22. The summed E-state index contributed by atoms with van der Waals surface area (Å²) in [5, 5.41) is 10.0. The van der Waals surface area contributed by atoms with Crippen molar-refractivity contribution in [1.29, 1.82) is 0 Å². The third kappa shape index (κ3) is 3.60. The van der Waals surface area contributed by atoms with Gasteiger partial charge in [-0.25, -0.2) is 0 Å². The number of nitrogens with one attached hydrogen (secondary N) is 2. The van der Waals surface area contributed by atoms with Crippen LogP contribution in [0.25, 0.3) is 0 Å². The maximum absolute atomic E-state index is 12.7. The Balaban J connectivity index is 1.44. The lowest BCUT2D eigenvalue weighted by Gasteiger charge is -2.33. The van der Waals surface area contributed by atoms with Crippen LogP contribution in [0, 0.1) is 0 Å². The summed E-state index contributed by atoms with van der Waals surface area (Å²) in [4.78, 5) is 27.1. The maximum atomic E-state index is 12.7. The van der Waals surface area contributed by atoms with Gasteiger partial charge in [-0.1, -0.05) is 5.16 Å². The van der Waals surface area contributed by atoms with Crippen molar-refractivity contribution in [3.63, 3.8) is 0 Å². The van der Waals surface area contributed by atoms with Crippen LogP contribution in [-0.2, 0) is 13.0 Å². The van der Waals surface area contributed by atoms with Crippen LogP contribution in [0.1, 0.15) is 58.4 Å². The number of hydrogen-bond acceptors (Lipinski definition) is 5. The molecule has 1 aromatic heterocycles. The number of anilines is 1. The summed E-state index contributed by atoms with van der Waals surface area (Å²) in [6, 6.07) is 7.30. The average Bonchev–Trinajstić information content (AvgIpc) is 3.13. The normalized spacial score (nSPS) is 19.4. The minimum absolute atomic E-state index is 0.0513. The van der Waals surface area contributed by atoms with E-state index in [9.17, 15) is 9.59 Å². The van der Waals surface area contributed by atoms with Crippen molar-refractivity contribution in [2.24, 2.45) is 0 Å². The van der Waals surface area contributed by atoms with Crippen molar-refractivity contribution < 1.29 is 14.1 Å². The maximum Gasteiger partial charge on any atom is 0.294 e. The van der Waals surface area contributed by atoms with E-state index in [0.717, 1.165) is 43.6 Å². The Morgan fingerprint density at radius 3 is 2.85 bits per heavy atom. The molecular formula is C20H24N4O3. The van der Waals surface area contributed by atoms with Crippen LogP contribution in [-0.4, -0.2) is 41.0 Å². The predicted octanol–water partition coefficient (Wildman–Crippen LogP) is 2.59. The molecule has 4 rings (SSSR count). The van der Waals surface area contributed by atoms with Crippen LogP contribution in [0.5, 0.6) is 0 Å². The van der Waals surface area contributed by atoms with Gasteiger partial charge >= 0.3 is 0 Å². The Kier molecular flexibility index (Phi) is 4.94. The van der Waals surface area contributed by atoms with E-state index in [0.29, 0.717) is 17.8 Å². The monoisotopic (exact) mass is 368 g/mol.